The molecule has 1 saturated carbocycles. The summed E-state index contributed by atoms with van der Waals surface area (Å²) < 4.78 is 30.1. The maximum atomic E-state index is 13.0. The highest BCUT2D eigenvalue weighted by atomic mass is 19.3. The molecule has 3 aliphatic heterocycles. The van der Waals surface area contributed by atoms with Crippen molar-refractivity contribution in [2.24, 2.45) is 17.8 Å². The van der Waals surface area contributed by atoms with Crippen LogP contribution in [0.15, 0.2) is 0 Å². The zero-order chi connectivity index (χ0) is 23.9. The molecule has 8 nitrogen and oxygen atoms in total. The zero-order valence-electron chi connectivity index (χ0n) is 20.5. The summed E-state index contributed by atoms with van der Waals surface area (Å²) in [5.41, 5.74) is 0. The average molecular weight is 487 g/mol. The smallest absolute Gasteiger partial charge is 0.261 e. The van der Waals surface area contributed by atoms with E-state index in [2.05, 4.69) is 38.8 Å². The van der Waals surface area contributed by atoms with Crippen molar-refractivity contribution in [1.82, 2.24) is 31.9 Å². The van der Waals surface area contributed by atoms with Gasteiger partial charge >= 0.3 is 0 Å². The van der Waals surface area contributed by atoms with Gasteiger partial charge in [-0.05, 0) is 89.4 Å². The largest absolute Gasteiger partial charge is 0.357 e. The minimum absolute atomic E-state index is 0.0317. The van der Waals surface area contributed by atoms with Crippen molar-refractivity contribution >= 4 is 5.91 Å². The van der Waals surface area contributed by atoms with Crippen molar-refractivity contribution in [2.75, 3.05) is 32.8 Å². The molecule has 1 aliphatic carbocycles. The molecule has 0 aromatic heterocycles. The van der Waals surface area contributed by atoms with Crippen molar-refractivity contribution in [3.05, 3.63) is 0 Å². The minimum Gasteiger partial charge on any atom is -0.357 e. The molecule has 1 amide bonds. The van der Waals surface area contributed by atoms with Crippen LogP contribution in [0.3, 0.4) is 0 Å². The van der Waals surface area contributed by atoms with E-state index in [1.54, 1.807) is 0 Å². The van der Waals surface area contributed by atoms with Crippen molar-refractivity contribution in [3.63, 3.8) is 0 Å². The van der Waals surface area contributed by atoms with Crippen LogP contribution in [-0.2, 0) is 9.53 Å². The second kappa shape index (κ2) is 12.9. The Kier molecular flexibility index (Phi) is 9.90. The standard InChI is InChI=1S/C24H44F2N6O2/c1-15-4-5-18(30-23(33)16-6-9-28-22(11-16)34-14-21(25)26)12-20(15)32-24-29-10-7-19(31-24)17-3-2-8-27-13-17/h15-22,24,27-29,31-32H,2-14H2,1H3,(H,30,33). The van der Waals surface area contributed by atoms with Crippen LogP contribution in [0.25, 0.3) is 0 Å². The highest BCUT2D eigenvalue weighted by Crippen LogP contribution is 2.27. The Labute approximate surface area is 202 Å². The van der Waals surface area contributed by atoms with Crippen molar-refractivity contribution in [1.29, 1.82) is 0 Å². The summed E-state index contributed by atoms with van der Waals surface area (Å²) >= 11 is 0. The van der Waals surface area contributed by atoms with Crippen LogP contribution in [0.1, 0.15) is 58.3 Å². The molecule has 10 heteroatoms. The van der Waals surface area contributed by atoms with Gasteiger partial charge in [0.25, 0.3) is 6.43 Å². The van der Waals surface area contributed by atoms with Gasteiger partial charge in [0.15, 0.2) is 0 Å². The predicted octanol–water partition coefficient (Wildman–Crippen LogP) is 1.09. The number of nitrogens with one attached hydrogen (secondary N) is 6. The summed E-state index contributed by atoms with van der Waals surface area (Å²) in [4.78, 5) is 13.0. The third-order valence-electron chi connectivity index (χ3n) is 8.17. The van der Waals surface area contributed by atoms with Crippen LogP contribution in [-0.4, -0.2) is 75.8 Å². The normalized spacial score (nSPS) is 39.6. The summed E-state index contributed by atoms with van der Waals surface area (Å²) in [6, 6.07) is 0.988. The first-order valence-corrected chi connectivity index (χ1v) is 13.4. The van der Waals surface area contributed by atoms with E-state index in [-0.39, 0.29) is 24.2 Å². The maximum absolute atomic E-state index is 13.0. The lowest BCUT2D eigenvalue weighted by molar-refractivity contribution is -0.130. The first kappa shape index (κ1) is 26.2. The lowest BCUT2D eigenvalue weighted by Crippen LogP contribution is -2.66. The number of hydrogen-bond acceptors (Lipinski definition) is 7. The Balaban J connectivity index is 1.23. The third-order valence-corrected chi connectivity index (χ3v) is 8.17. The maximum Gasteiger partial charge on any atom is 0.261 e. The number of piperidine rings is 2. The second-order valence-electron chi connectivity index (χ2n) is 10.7. The van der Waals surface area contributed by atoms with E-state index in [4.69, 9.17) is 4.74 Å². The van der Waals surface area contributed by atoms with Crippen molar-refractivity contribution in [3.8, 4) is 0 Å². The number of halogens is 2. The van der Waals surface area contributed by atoms with E-state index in [0.717, 1.165) is 45.3 Å². The third kappa shape index (κ3) is 7.54. The molecule has 196 valence electrons. The SMILES string of the molecule is CC1CCC(NC(=O)C2CCNC(OCC(F)F)C2)CC1NC1NCCC(C2CCCNC2)N1. The number of carbonyl (C=O) groups is 1. The van der Waals surface area contributed by atoms with Gasteiger partial charge in [-0.25, -0.2) is 8.78 Å². The molecule has 0 bridgehead atoms. The van der Waals surface area contributed by atoms with Gasteiger partial charge in [-0.3, -0.25) is 26.1 Å². The Morgan fingerprint density at radius 1 is 1.06 bits per heavy atom. The molecule has 4 fully saturated rings. The molecular weight excluding hydrogens is 442 g/mol. The molecule has 4 rings (SSSR count). The van der Waals surface area contributed by atoms with Crippen LogP contribution in [0.5, 0.6) is 0 Å². The van der Waals surface area contributed by atoms with Gasteiger partial charge in [0.2, 0.25) is 5.91 Å². The molecule has 8 unspecified atom stereocenters. The van der Waals surface area contributed by atoms with Crippen molar-refractivity contribution < 1.29 is 18.3 Å². The van der Waals surface area contributed by atoms with Crippen LogP contribution in [0.2, 0.25) is 0 Å². The molecule has 3 saturated heterocycles. The fourth-order valence-electron chi connectivity index (χ4n) is 6.09. The van der Waals surface area contributed by atoms with E-state index >= 15 is 0 Å². The summed E-state index contributed by atoms with van der Waals surface area (Å²) in [5.74, 6) is 1.07. The molecule has 34 heavy (non-hydrogen) atoms. The van der Waals surface area contributed by atoms with Gasteiger partial charge in [0.1, 0.15) is 19.1 Å². The Morgan fingerprint density at radius 3 is 2.71 bits per heavy atom. The van der Waals surface area contributed by atoms with Gasteiger partial charge in [-0.15, -0.1) is 0 Å². The van der Waals surface area contributed by atoms with Gasteiger partial charge < -0.3 is 15.4 Å². The summed E-state index contributed by atoms with van der Waals surface area (Å²) in [7, 11) is 0. The molecule has 0 aromatic rings. The van der Waals surface area contributed by atoms with E-state index in [1.807, 2.05) is 0 Å². The molecule has 4 aliphatic rings. The van der Waals surface area contributed by atoms with Crippen molar-refractivity contribution in [2.45, 2.75) is 95.4 Å². The number of ether oxygens (including phenoxy) is 1. The quantitative estimate of drug-likeness (QED) is 0.306. The highest BCUT2D eigenvalue weighted by molar-refractivity contribution is 5.79. The number of hydrogen-bond donors (Lipinski definition) is 6. The van der Waals surface area contributed by atoms with E-state index in [0.29, 0.717) is 43.3 Å². The predicted molar refractivity (Wildman–Crippen MR) is 127 cm³/mol. The van der Waals surface area contributed by atoms with E-state index in [9.17, 15) is 13.6 Å². The molecule has 0 aromatic carbocycles. The summed E-state index contributed by atoms with van der Waals surface area (Å²) in [5, 5.41) is 21.1. The van der Waals surface area contributed by atoms with Gasteiger partial charge in [-0.1, -0.05) is 6.92 Å². The lowest BCUT2D eigenvalue weighted by atomic mass is 9.82. The van der Waals surface area contributed by atoms with E-state index < -0.39 is 19.3 Å². The topological polar surface area (TPSA) is 98.5 Å². The van der Waals surface area contributed by atoms with Gasteiger partial charge in [0.05, 0.1) is 0 Å². The summed E-state index contributed by atoms with van der Waals surface area (Å²) in [6.07, 6.45) is 4.92. The number of carbonyl (C=O) groups excluding carboxylic acids is 1. The Morgan fingerprint density at radius 2 is 1.91 bits per heavy atom. The Bertz CT molecular complexity index is 639. The summed E-state index contributed by atoms with van der Waals surface area (Å²) in [6.45, 7) is 5.55. The van der Waals surface area contributed by atoms with Crippen LogP contribution < -0.4 is 31.9 Å². The highest BCUT2D eigenvalue weighted by Gasteiger charge is 2.35. The number of amides is 1. The Hall–Kier alpha value is -0.910. The monoisotopic (exact) mass is 486 g/mol. The molecule has 6 N–H and O–H groups in total. The van der Waals surface area contributed by atoms with Crippen LogP contribution in [0.4, 0.5) is 8.78 Å². The first-order valence-electron chi connectivity index (χ1n) is 13.4. The van der Waals surface area contributed by atoms with Gasteiger partial charge in [0, 0.05) is 24.0 Å². The van der Waals surface area contributed by atoms with Crippen LogP contribution in [0, 0.1) is 17.8 Å². The van der Waals surface area contributed by atoms with E-state index in [1.165, 1.54) is 12.8 Å². The molecule has 8 atom stereocenters. The minimum atomic E-state index is -2.49. The lowest BCUT2D eigenvalue weighted by Gasteiger charge is -2.43. The fourth-order valence-corrected chi connectivity index (χ4v) is 6.09. The first-order chi connectivity index (χ1) is 16.5. The number of rotatable bonds is 8. The second-order valence-corrected chi connectivity index (χ2v) is 10.7. The fraction of sp³-hybridized carbons (Fsp3) is 0.958. The molecular formula is C24H44F2N6O2. The molecule has 3 heterocycles. The average Bonchev–Trinajstić information content (AvgIpc) is 2.86. The van der Waals surface area contributed by atoms with Crippen LogP contribution >= 0.6 is 0 Å². The molecule has 0 spiro atoms. The molecule has 0 radical (unpaired) electrons. The zero-order valence-corrected chi connectivity index (χ0v) is 20.5. The van der Waals surface area contributed by atoms with Gasteiger partial charge in [-0.2, -0.15) is 0 Å². The number of alkyl halides is 2.